The van der Waals surface area contributed by atoms with Crippen LogP contribution in [0.2, 0.25) is 0 Å². The predicted molar refractivity (Wildman–Crippen MR) is 103 cm³/mol. The zero-order valence-electron chi connectivity index (χ0n) is 13.6. The first-order valence-corrected chi connectivity index (χ1v) is 10.3. The number of urea groups is 1. The number of carbonyl (C=O) groups excluding carboxylic acids is 1. The second-order valence-corrected chi connectivity index (χ2v) is 8.29. The highest BCUT2D eigenvalue weighted by molar-refractivity contribution is 14.1. The second kappa shape index (κ2) is 7.20. The van der Waals surface area contributed by atoms with Gasteiger partial charge in [-0.3, -0.25) is 4.90 Å². The molecule has 0 N–H and O–H groups in total. The van der Waals surface area contributed by atoms with Crippen LogP contribution in [-0.2, 0) is 10.1 Å². The maximum Gasteiger partial charge on any atom is 0.339 e. The molecule has 0 aromatic heterocycles. The Bertz CT molecular complexity index is 884. The number of hydrogen-bond donors (Lipinski definition) is 0. The molecule has 0 unspecified atom stereocenters. The van der Waals surface area contributed by atoms with Crippen molar-refractivity contribution >= 4 is 44.4 Å². The highest BCUT2D eigenvalue weighted by Gasteiger charge is 2.28. The first-order chi connectivity index (χ1) is 11.9. The number of hydrogen-bond acceptors (Lipinski definition) is 4. The van der Waals surface area contributed by atoms with Crippen molar-refractivity contribution in [2.24, 2.45) is 0 Å². The highest BCUT2D eigenvalue weighted by Crippen LogP contribution is 2.24. The van der Waals surface area contributed by atoms with E-state index in [-0.39, 0.29) is 16.7 Å². The van der Waals surface area contributed by atoms with Gasteiger partial charge in [0, 0.05) is 28.9 Å². The third-order valence-electron chi connectivity index (χ3n) is 3.92. The van der Waals surface area contributed by atoms with Crippen LogP contribution >= 0.6 is 22.6 Å². The number of carbonyl (C=O) groups is 1. The Balaban J connectivity index is 1.79. The largest absolute Gasteiger partial charge is 0.379 e. The summed E-state index contributed by atoms with van der Waals surface area (Å²) in [5, 5.41) is 0. The van der Waals surface area contributed by atoms with Gasteiger partial charge in [0.1, 0.15) is 10.6 Å². The molecule has 2 amide bonds. The molecule has 2 aromatic carbocycles. The van der Waals surface area contributed by atoms with E-state index in [0.717, 1.165) is 3.57 Å². The van der Waals surface area contributed by atoms with Crippen LogP contribution in [0, 0.1) is 3.57 Å². The molecule has 1 saturated heterocycles. The smallest absolute Gasteiger partial charge is 0.339 e. The number of anilines is 1. The zero-order chi connectivity index (χ0) is 18.0. The van der Waals surface area contributed by atoms with E-state index >= 15 is 0 Å². The van der Waals surface area contributed by atoms with E-state index < -0.39 is 10.1 Å². The Hall–Kier alpha value is -1.81. The fourth-order valence-electron chi connectivity index (χ4n) is 2.60. The molecule has 0 aliphatic carbocycles. The molecule has 0 saturated carbocycles. The summed E-state index contributed by atoms with van der Waals surface area (Å²) < 4.78 is 30.8. The Morgan fingerprint density at radius 1 is 1.12 bits per heavy atom. The number of halogens is 1. The molecule has 8 heteroatoms. The molecule has 0 atom stereocenters. The van der Waals surface area contributed by atoms with Crippen molar-refractivity contribution in [2.75, 3.05) is 24.5 Å². The number of rotatable bonds is 5. The van der Waals surface area contributed by atoms with Crippen molar-refractivity contribution in [2.45, 2.75) is 11.8 Å². The van der Waals surface area contributed by atoms with Crippen molar-refractivity contribution in [3.63, 3.8) is 0 Å². The molecule has 1 fully saturated rings. The summed E-state index contributed by atoms with van der Waals surface area (Å²) >= 11 is 2.09. The van der Waals surface area contributed by atoms with Crippen LogP contribution < -0.4 is 9.08 Å². The quantitative estimate of drug-likeness (QED) is 0.495. The molecule has 132 valence electrons. The van der Waals surface area contributed by atoms with Crippen molar-refractivity contribution in [1.82, 2.24) is 4.90 Å². The standard InChI is InChI=1S/C17H17IN2O4S/c1-2-19-10-11-20(17(19)21)14-6-8-16(9-7-14)25(22,23)24-15-5-3-4-13(18)12-15/h3-9,12H,2,10-11H2,1H3. The third kappa shape index (κ3) is 3.90. The predicted octanol–water partition coefficient (Wildman–Crippen LogP) is 3.32. The van der Waals surface area contributed by atoms with Gasteiger partial charge in [-0.15, -0.1) is 0 Å². The van der Waals surface area contributed by atoms with Crippen molar-refractivity contribution in [1.29, 1.82) is 0 Å². The molecule has 25 heavy (non-hydrogen) atoms. The first-order valence-electron chi connectivity index (χ1n) is 7.77. The topological polar surface area (TPSA) is 66.9 Å². The van der Waals surface area contributed by atoms with Crippen LogP contribution in [0.4, 0.5) is 10.5 Å². The fraction of sp³-hybridized carbons (Fsp3) is 0.235. The van der Waals surface area contributed by atoms with E-state index in [1.807, 2.05) is 13.0 Å². The summed E-state index contributed by atoms with van der Waals surface area (Å²) in [6, 6.07) is 12.9. The van der Waals surface area contributed by atoms with Crippen molar-refractivity contribution < 1.29 is 17.4 Å². The van der Waals surface area contributed by atoms with Crippen molar-refractivity contribution in [3.05, 3.63) is 52.1 Å². The van der Waals surface area contributed by atoms with Crippen LogP contribution in [0.15, 0.2) is 53.4 Å². The van der Waals surface area contributed by atoms with Gasteiger partial charge >= 0.3 is 16.1 Å². The number of likely N-dealkylation sites (N-methyl/N-ethyl adjacent to an activating group) is 1. The van der Waals surface area contributed by atoms with Crippen LogP contribution in [0.3, 0.4) is 0 Å². The lowest BCUT2D eigenvalue weighted by Gasteiger charge is -2.17. The molecule has 0 radical (unpaired) electrons. The van der Waals surface area contributed by atoms with Gasteiger partial charge in [0.25, 0.3) is 0 Å². The van der Waals surface area contributed by atoms with Gasteiger partial charge in [0.2, 0.25) is 0 Å². The minimum atomic E-state index is -3.92. The molecule has 6 nitrogen and oxygen atoms in total. The number of amides is 2. The minimum absolute atomic E-state index is 0.0501. The zero-order valence-corrected chi connectivity index (χ0v) is 16.5. The Kier molecular flexibility index (Phi) is 5.19. The first kappa shape index (κ1) is 18.0. The van der Waals surface area contributed by atoms with Gasteiger partial charge < -0.3 is 9.08 Å². The lowest BCUT2D eigenvalue weighted by atomic mass is 10.3. The van der Waals surface area contributed by atoms with E-state index in [1.165, 1.54) is 12.1 Å². The molecular weight excluding hydrogens is 455 g/mol. The van der Waals surface area contributed by atoms with Gasteiger partial charge in [0.05, 0.1) is 0 Å². The molecule has 1 aliphatic rings. The SMILES string of the molecule is CCN1CCN(c2ccc(S(=O)(=O)Oc3cccc(I)c3)cc2)C1=O. The van der Waals surface area contributed by atoms with Gasteiger partial charge in [-0.05, 0) is 72.0 Å². The molecular formula is C17H17IN2O4S. The van der Waals surface area contributed by atoms with E-state index in [4.69, 9.17) is 4.18 Å². The van der Waals surface area contributed by atoms with Gasteiger partial charge in [-0.1, -0.05) is 6.07 Å². The van der Waals surface area contributed by atoms with Crippen LogP contribution in [0.25, 0.3) is 0 Å². The molecule has 3 rings (SSSR count). The summed E-state index contributed by atoms with van der Waals surface area (Å²) in [4.78, 5) is 15.6. The summed E-state index contributed by atoms with van der Waals surface area (Å²) in [5.74, 6) is 0.268. The minimum Gasteiger partial charge on any atom is -0.379 e. The van der Waals surface area contributed by atoms with E-state index in [0.29, 0.717) is 25.3 Å². The lowest BCUT2D eigenvalue weighted by molar-refractivity contribution is 0.223. The average Bonchev–Trinajstić information content (AvgIpc) is 2.95. The fourth-order valence-corrected chi connectivity index (χ4v) is 4.04. The third-order valence-corrected chi connectivity index (χ3v) is 5.85. The second-order valence-electron chi connectivity index (χ2n) is 5.50. The van der Waals surface area contributed by atoms with Crippen LogP contribution in [0.5, 0.6) is 5.75 Å². The molecule has 1 heterocycles. The molecule has 0 spiro atoms. The monoisotopic (exact) mass is 472 g/mol. The van der Waals surface area contributed by atoms with E-state index in [2.05, 4.69) is 22.6 Å². The molecule has 0 bridgehead atoms. The Morgan fingerprint density at radius 3 is 2.44 bits per heavy atom. The maximum absolute atomic E-state index is 12.4. The van der Waals surface area contributed by atoms with Crippen molar-refractivity contribution in [3.8, 4) is 5.75 Å². The number of nitrogens with zero attached hydrogens (tertiary/aromatic N) is 2. The van der Waals surface area contributed by atoms with Gasteiger partial charge in [0.15, 0.2) is 0 Å². The maximum atomic E-state index is 12.4. The van der Waals surface area contributed by atoms with Crippen LogP contribution in [-0.4, -0.2) is 39.0 Å². The average molecular weight is 472 g/mol. The van der Waals surface area contributed by atoms with Crippen LogP contribution in [0.1, 0.15) is 6.92 Å². The molecule has 1 aliphatic heterocycles. The van der Waals surface area contributed by atoms with Gasteiger partial charge in [-0.25, -0.2) is 4.79 Å². The highest BCUT2D eigenvalue weighted by atomic mass is 127. The summed E-state index contributed by atoms with van der Waals surface area (Å²) in [6.45, 7) is 3.85. The van der Waals surface area contributed by atoms with E-state index in [9.17, 15) is 13.2 Å². The number of benzene rings is 2. The van der Waals surface area contributed by atoms with Gasteiger partial charge in [-0.2, -0.15) is 8.42 Å². The summed E-state index contributed by atoms with van der Waals surface area (Å²) in [6.07, 6.45) is 0. The Labute approximate surface area is 160 Å². The van der Waals surface area contributed by atoms with E-state index in [1.54, 1.807) is 40.1 Å². The molecule has 2 aromatic rings. The lowest BCUT2D eigenvalue weighted by Crippen LogP contribution is -2.31. The normalized spacial score (nSPS) is 14.9. The Morgan fingerprint density at radius 2 is 1.84 bits per heavy atom. The summed E-state index contributed by atoms with van der Waals surface area (Å²) in [5.41, 5.74) is 0.675. The summed E-state index contributed by atoms with van der Waals surface area (Å²) in [7, 11) is -3.92.